The molecule has 2 aromatic rings. The number of aromatic hydroxyl groups is 2. The van der Waals surface area contributed by atoms with Gasteiger partial charge in [-0.1, -0.05) is 6.07 Å². The summed E-state index contributed by atoms with van der Waals surface area (Å²) in [6.45, 7) is 0. The number of nitrogens with zero attached hydrogens (tertiary/aromatic N) is 1. The first-order chi connectivity index (χ1) is 12.5. The summed E-state index contributed by atoms with van der Waals surface area (Å²) in [7, 11) is 1.31. The van der Waals surface area contributed by atoms with Crippen LogP contribution in [0.15, 0.2) is 52.4 Å². The van der Waals surface area contributed by atoms with E-state index in [0.717, 1.165) is 11.8 Å². The molecule has 0 bridgehead atoms. The smallest absolute Gasteiger partial charge is 0.337 e. The lowest BCUT2D eigenvalue weighted by atomic mass is 10.2. The highest BCUT2D eigenvalue weighted by Crippen LogP contribution is 2.31. The molecule has 0 radical (unpaired) electrons. The van der Waals surface area contributed by atoms with Gasteiger partial charge >= 0.3 is 5.97 Å². The average Bonchev–Trinajstić information content (AvgIpc) is 2.97. The lowest BCUT2D eigenvalue weighted by Gasteiger charge is -2.00. The first-order valence-electron chi connectivity index (χ1n) is 7.46. The number of benzene rings is 2. The van der Waals surface area contributed by atoms with Crippen LogP contribution in [-0.4, -0.2) is 34.4 Å². The minimum atomic E-state index is -0.435. The molecule has 132 valence electrons. The standard InChI is InChI=1S/C18H14N2O5S/c1-25-17(24)11-3-5-12(6-4-11)19-18-20-16(23)15(26-18)9-10-2-7-13(21)14(22)8-10/h2-9,21-22H,1H3,(H,19,20,23)/b15-9-. The number of amidine groups is 1. The molecule has 1 fully saturated rings. The predicted molar refractivity (Wildman–Crippen MR) is 98.4 cm³/mol. The van der Waals surface area contributed by atoms with Crippen molar-refractivity contribution in [3.8, 4) is 11.5 Å². The predicted octanol–water partition coefficient (Wildman–Crippen LogP) is 2.78. The van der Waals surface area contributed by atoms with E-state index in [1.807, 2.05) is 0 Å². The maximum Gasteiger partial charge on any atom is 0.337 e. The number of thioether (sulfide) groups is 1. The van der Waals surface area contributed by atoms with Crippen molar-refractivity contribution in [1.29, 1.82) is 0 Å². The van der Waals surface area contributed by atoms with Crippen molar-refractivity contribution in [2.24, 2.45) is 4.99 Å². The number of methoxy groups -OCH3 is 1. The Morgan fingerprint density at radius 2 is 1.88 bits per heavy atom. The van der Waals surface area contributed by atoms with Crippen LogP contribution in [-0.2, 0) is 9.53 Å². The Bertz CT molecular complexity index is 935. The van der Waals surface area contributed by atoms with Crippen molar-refractivity contribution in [3.05, 3.63) is 58.5 Å². The van der Waals surface area contributed by atoms with Gasteiger partial charge in [0.25, 0.3) is 5.91 Å². The number of amides is 1. The lowest BCUT2D eigenvalue weighted by molar-refractivity contribution is -0.115. The van der Waals surface area contributed by atoms with Crippen LogP contribution in [0, 0.1) is 0 Å². The fourth-order valence-electron chi connectivity index (χ4n) is 2.17. The molecule has 3 rings (SSSR count). The number of nitrogens with one attached hydrogen (secondary N) is 1. The van der Waals surface area contributed by atoms with Crippen molar-refractivity contribution >= 4 is 40.6 Å². The van der Waals surface area contributed by atoms with Gasteiger partial charge in [0.2, 0.25) is 0 Å². The van der Waals surface area contributed by atoms with Crippen molar-refractivity contribution in [2.45, 2.75) is 0 Å². The number of carbonyl (C=O) groups is 2. The zero-order valence-electron chi connectivity index (χ0n) is 13.6. The van der Waals surface area contributed by atoms with E-state index in [1.165, 1.54) is 19.2 Å². The van der Waals surface area contributed by atoms with Gasteiger partial charge < -0.3 is 20.3 Å². The minimum Gasteiger partial charge on any atom is -0.504 e. The van der Waals surface area contributed by atoms with Crippen molar-refractivity contribution in [3.63, 3.8) is 0 Å². The van der Waals surface area contributed by atoms with E-state index in [-0.39, 0.29) is 17.4 Å². The van der Waals surface area contributed by atoms with Crippen LogP contribution in [0.5, 0.6) is 11.5 Å². The van der Waals surface area contributed by atoms with Gasteiger partial charge in [-0.05, 0) is 59.8 Å². The summed E-state index contributed by atoms with van der Waals surface area (Å²) in [5.41, 5.74) is 1.55. The highest BCUT2D eigenvalue weighted by molar-refractivity contribution is 8.18. The Morgan fingerprint density at radius 3 is 2.54 bits per heavy atom. The summed E-state index contributed by atoms with van der Waals surface area (Å²) in [6.07, 6.45) is 1.59. The number of ether oxygens (including phenoxy) is 1. The molecule has 1 heterocycles. The molecule has 7 nitrogen and oxygen atoms in total. The van der Waals surface area contributed by atoms with Crippen LogP contribution in [0.3, 0.4) is 0 Å². The second-order valence-electron chi connectivity index (χ2n) is 5.27. The van der Waals surface area contributed by atoms with E-state index in [1.54, 1.807) is 36.4 Å². The number of phenols is 2. The summed E-state index contributed by atoms with van der Waals surface area (Å²) in [6, 6.07) is 10.7. The van der Waals surface area contributed by atoms with Crippen molar-refractivity contribution in [2.75, 3.05) is 7.11 Å². The van der Waals surface area contributed by atoms with Crippen molar-refractivity contribution < 1.29 is 24.5 Å². The van der Waals surface area contributed by atoms with Gasteiger partial charge in [0.1, 0.15) is 0 Å². The van der Waals surface area contributed by atoms with E-state index < -0.39 is 5.97 Å². The third-order valence-corrected chi connectivity index (χ3v) is 4.38. The zero-order chi connectivity index (χ0) is 18.7. The Labute approximate surface area is 153 Å². The summed E-state index contributed by atoms with van der Waals surface area (Å²) in [4.78, 5) is 28.2. The monoisotopic (exact) mass is 370 g/mol. The zero-order valence-corrected chi connectivity index (χ0v) is 14.4. The molecule has 8 heteroatoms. The summed E-state index contributed by atoms with van der Waals surface area (Å²) < 4.78 is 4.63. The van der Waals surface area contributed by atoms with Crippen LogP contribution >= 0.6 is 11.8 Å². The van der Waals surface area contributed by atoms with E-state index in [4.69, 9.17) is 0 Å². The molecule has 1 amide bonds. The summed E-state index contributed by atoms with van der Waals surface area (Å²) >= 11 is 1.15. The highest BCUT2D eigenvalue weighted by Gasteiger charge is 2.24. The largest absolute Gasteiger partial charge is 0.504 e. The fourth-order valence-corrected chi connectivity index (χ4v) is 3.01. The van der Waals surface area contributed by atoms with Crippen LogP contribution in [0.2, 0.25) is 0 Å². The molecule has 2 aromatic carbocycles. The molecule has 1 aliphatic rings. The number of esters is 1. The number of hydrogen-bond acceptors (Lipinski definition) is 7. The van der Waals surface area contributed by atoms with Gasteiger partial charge in [-0.2, -0.15) is 0 Å². The maximum absolute atomic E-state index is 12.1. The minimum absolute atomic E-state index is 0.228. The quantitative estimate of drug-likeness (QED) is 0.436. The molecule has 3 N–H and O–H groups in total. The number of rotatable bonds is 3. The third-order valence-electron chi connectivity index (χ3n) is 3.47. The lowest BCUT2D eigenvalue weighted by Crippen LogP contribution is -2.19. The highest BCUT2D eigenvalue weighted by atomic mass is 32.2. The van der Waals surface area contributed by atoms with E-state index in [9.17, 15) is 19.8 Å². The first-order valence-corrected chi connectivity index (χ1v) is 8.28. The van der Waals surface area contributed by atoms with E-state index >= 15 is 0 Å². The van der Waals surface area contributed by atoms with E-state index in [2.05, 4.69) is 15.0 Å². The number of phenolic OH excluding ortho intramolecular Hbond substituents is 2. The molecule has 0 unspecified atom stereocenters. The molecule has 0 aliphatic carbocycles. The number of carbonyl (C=O) groups excluding carboxylic acids is 2. The second-order valence-corrected chi connectivity index (χ2v) is 6.30. The molecule has 0 atom stereocenters. The van der Waals surface area contributed by atoms with Crippen LogP contribution in [0.4, 0.5) is 5.69 Å². The third kappa shape index (κ3) is 3.86. The SMILES string of the molecule is COC(=O)c1ccc(N=C2NC(=O)/C(=C/c3ccc(O)c(O)c3)S2)cc1. The van der Waals surface area contributed by atoms with Gasteiger partial charge in [0.15, 0.2) is 16.7 Å². The van der Waals surface area contributed by atoms with Gasteiger partial charge in [-0.15, -0.1) is 0 Å². The summed E-state index contributed by atoms with van der Waals surface area (Å²) in [5.74, 6) is -1.24. The first kappa shape index (κ1) is 17.6. The Kier molecular flexibility index (Phi) is 4.94. The van der Waals surface area contributed by atoms with Gasteiger partial charge in [-0.25, -0.2) is 9.79 Å². The van der Waals surface area contributed by atoms with Crippen LogP contribution in [0.25, 0.3) is 6.08 Å². The van der Waals surface area contributed by atoms with E-state index in [0.29, 0.717) is 26.9 Å². The van der Waals surface area contributed by atoms with Gasteiger partial charge in [-0.3, -0.25) is 4.79 Å². The molecule has 26 heavy (non-hydrogen) atoms. The molecule has 1 aliphatic heterocycles. The Balaban J connectivity index is 1.78. The Morgan fingerprint density at radius 1 is 1.15 bits per heavy atom. The van der Waals surface area contributed by atoms with Gasteiger partial charge in [0.05, 0.1) is 23.3 Å². The van der Waals surface area contributed by atoms with Crippen molar-refractivity contribution in [1.82, 2.24) is 5.32 Å². The normalized spacial score (nSPS) is 16.7. The fraction of sp³-hybridized carbons (Fsp3) is 0.0556. The molecule has 1 saturated heterocycles. The molecule has 0 saturated carbocycles. The number of aliphatic imine (C=N–C) groups is 1. The molecule has 0 spiro atoms. The average molecular weight is 370 g/mol. The molecular formula is C18H14N2O5S. The summed E-state index contributed by atoms with van der Waals surface area (Å²) in [5, 5.41) is 21.9. The van der Waals surface area contributed by atoms with Crippen LogP contribution in [0.1, 0.15) is 15.9 Å². The van der Waals surface area contributed by atoms with Crippen LogP contribution < -0.4 is 5.32 Å². The number of hydrogen-bond donors (Lipinski definition) is 3. The molecular weight excluding hydrogens is 356 g/mol. The molecule has 0 aromatic heterocycles. The second kappa shape index (κ2) is 7.32. The van der Waals surface area contributed by atoms with Gasteiger partial charge in [0, 0.05) is 0 Å². The maximum atomic E-state index is 12.1. The Hall–Kier alpha value is -3.26. The topological polar surface area (TPSA) is 108 Å².